The number of benzene rings is 1. The van der Waals surface area contributed by atoms with Crippen LogP contribution in [0.1, 0.15) is 0 Å². The normalized spacial score (nSPS) is 20.2. The van der Waals surface area contributed by atoms with Crippen molar-refractivity contribution in [3.8, 4) is 0 Å². The summed E-state index contributed by atoms with van der Waals surface area (Å²) in [4.78, 5) is 4.48. The molecule has 96 valence electrons. The van der Waals surface area contributed by atoms with Crippen molar-refractivity contribution >= 4 is 38.3 Å². The lowest BCUT2D eigenvalue weighted by atomic mass is 10.3. The molecule has 2 heterocycles. The van der Waals surface area contributed by atoms with Crippen molar-refractivity contribution in [2.45, 2.75) is 6.10 Å². The number of halogens is 1. The molecule has 1 aromatic heterocycles. The van der Waals surface area contributed by atoms with Crippen LogP contribution in [0.3, 0.4) is 0 Å². The molecule has 1 aliphatic heterocycles. The molecule has 18 heavy (non-hydrogen) atoms. The van der Waals surface area contributed by atoms with Gasteiger partial charge in [-0.1, -0.05) is 22.9 Å². The molecule has 0 saturated carbocycles. The van der Waals surface area contributed by atoms with E-state index in [1.165, 1.54) is 0 Å². The molecule has 1 aromatic carbocycles. The van der Waals surface area contributed by atoms with E-state index >= 15 is 0 Å². The third-order valence-electron chi connectivity index (χ3n) is 2.72. The zero-order chi connectivity index (χ0) is 12.4. The van der Waals surface area contributed by atoms with Crippen molar-refractivity contribution in [1.82, 2.24) is 4.98 Å². The van der Waals surface area contributed by atoms with E-state index in [1.54, 1.807) is 11.3 Å². The maximum Gasteiger partial charge on any atom is 0.183 e. The zero-order valence-electron chi connectivity index (χ0n) is 9.69. The molecule has 1 fully saturated rings. The first-order valence-corrected chi connectivity index (χ1v) is 7.00. The van der Waals surface area contributed by atoms with E-state index in [1.807, 2.05) is 18.2 Å². The van der Waals surface area contributed by atoms with E-state index < -0.39 is 0 Å². The van der Waals surface area contributed by atoms with E-state index in [4.69, 9.17) is 21.1 Å². The highest BCUT2D eigenvalue weighted by Gasteiger charge is 2.14. The van der Waals surface area contributed by atoms with Crippen LogP contribution in [-0.2, 0) is 9.47 Å². The SMILES string of the molecule is Clc1ccc2sc(NCC3COCCO3)nc2c1. The standard InChI is InChI=1S/C12H13ClN2O2S/c13-8-1-2-11-10(5-8)15-12(18-11)14-6-9-7-16-3-4-17-9/h1-2,5,9H,3-4,6-7H2,(H,14,15). The van der Waals surface area contributed by atoms with Gasteiger partial charge in [0.1, 0.15) is 0 Å². The molecule has 1 N–H and O–H groups in total. The van der Waals surface area contributed by atoms with Crippen molar-refractivity contribution in [1.29, 1.82) is 0 Å². The maximum atomic E-state index is 5.93. The average Bonchev–Trinajstić information content (AvgIpc) is 2.79. The summed E-state index contributed by atoms with van der Waals surface area (Å²) in [7, 11) is 0. The lowest BCUT2D eigenvalue weighted by Crippen LogP contribution is -2.34. The van der Waals surface area contributed by atoms with Crippen molar-refractivity contribution in [2.24, 2.45) is 0 Å². The fraction of sp³-hybridized carbons (Fsp3) is 0.417. The van der Waals surface area contributed by atoms with Gasteiger partial charge < -0.3 is 14.8 Å². The van der Waals surface area contributed by atoms with E-state index in [0.717, 1.165) is 15.3 Å². The Bertz CT molecular complexity index is 540. The minimum Gasteiger partial charge on any atom is -0.376 e. The first kappa shape index (κ1) is 12.2. The molecule has 1 unspecified atom stereocenters. The van der Waals surface area contributed by atoms with Gasteiger partial charge in [0.2, 0.25) is 0 Å². The molecule has 1 saturated heterocycles. The van der Waals surface area contributed by atoms with Gasteiger partial charge in [0.15, 0.2) is 5.13 Å². The van der Waals surface area contributed by atoms with E-state index in [9.17, 15) is 0 Å². The van der Waals surface area contributed by atoms with Gasteiger partial charge in [-0.05, 0) is 18.2 Å². The van der Waals surface area contributed by atoms with Crippen molar-refractivity contribution in [2.75, 3.05) is 31.7 Å². The van der Waals surface area contributed by atoms with Gasteiger partial charge in [0, 0.05) is 11.6 Å². The molecule has 0 radical (unpaired) electrons. The lowest BCUT2D eigenvalue weighted by Gasteiger charge is -2.22. The third-order valence-corrected chi connectivity index (χ3v) is 3.94. The van der Waals surface area contributed by atoms with Gasteiger partial charge >= 0.3 is 0 Å². The molecule has 6 heteroatoms. The zero-order valence-corrected chi connectivity index (χ0v) is 11.3. The highest BCUT2D eigenvalue weighted by molar-refractivity contribution is 7.22. The quantitative estimate of drug-likeness (QED) is 0.941. The summed E-state index contributed by atoms with van der Waals surface area (Å²) in [6.45, 7) is 2.72. The summed E-state index contributed by atoms with van der Waals surface area (Å²) in [5.41, 5.74) is 0.927. The number of nitrogens with one attached hydrogen (secondary N) is 1. The highest BCUT2D eigenvalue weighted by Crippen LogP contribution is 2.27. The molecule has 0 bridgehead atoms. The number of nitrogens with zero attached hydrogens (tertiary/aromatic N) is 1. The van der Waals surface area contributed by atoms with E-state index in [0.29, 0.717) is 31.4 Å². The van der Waals surface area contributed by atoms with Crippen LogP contribution in [-0.4, -0.2) is 37.5 Å². The monoisotopic (exact) mass is 284 g/mol. The van der Waals surface area contributed by atoms with Gasteiger partial charge in [-0.25, -0.2) is 4.98 Å². The summed E-state index contributed by atoms with van der Waals surface area (Å²) < 4.78 is 12.0. The largest absolute Gasteiger partial charge is 0.376 e. The second-order valence-electron chi connectivity index (χ2n) is 4.08. The Labute approximate surface area is 114 Å². The Balaban J connectivity index is 1.67. The number of anilines is 1. The Hall–Kier alpha value is -0.880. The number of thiazole rings is 1. The Kier molecular flexibility index (Phi) is 3.65. The Morgan fingerprint density at radius 1 is 1.44 bits per heavy atom. The number of aromatic nitrogens is 1. The fourth-order valence-corrected chi connectivity index (χ4v) is 2.85. The number of fused-ring (bicyclic) bond motifs is 1. The number of hydrogen-bond acceptors (Lipinski definition) is 5. The summed E-state index contributed by atoms with van der Waals surface area (Å²) in [6.07, 6.45) is 0.106. The molecule has 1 atom stereocenters. The maximum absolute atomic E-state index is 5.93. The third kappa shape index (κ3) is 2.75. The molecule has 0 amide bonds. The smallest absolute Gasteiger partial charge is 0.183 e. The van der Waals surface area contributed by atoms with Crippen molar-refractivity contribution in [3.63, 3.8) is 0 Å². The molecule has 0 spiro atoms. The summed E-state index contributed by atoms with van der Waals surface area (Å²) in [5.74, 6) is 0. The van der Waals surface area contributed by atoms with Crippen LogP contribution >= 0.6 is 22.9 Å². The highest BCUT2D eigenvalue weighted by atomic mass is 35.5. The second kappa shape index (κ2) is 5.40. The predicted octanol–water partition coefficient (Wildman–Crippen LogP) is 2.78. The fourth-order valence-electron chi connectivity index (χ4n) is 1.83. The van der Waals surface area contributed by atoms with Crippen LogP contribution in [0, 0.1) is 0 Å². The average molecular weight is 285 g/mol. The summed E-state index contributed by atoms with van der Waals surface area (Å²) in [5, 5.41) is 4.88. The Morgan fingerprint density at radius 3 is 3.22 bits per heavy atom. The first-order valence-electron chi connectivity index (χ1n) is 5.80. The molecular weight excluding hydrogens is 272 g/mol. The number of rotatable bonds is 3. The minimum atomic E-state index is 0.106. The minimum absolute atomic E-state index is 0.106. The summed E-state index contributed by atoms with van der Waals surface area (Å²) in [6, 6.07) is 5.74. The van der Waals surface area contributed by atoms with Crippen LogP contribution in [0.5, 0.6) is 0 Å². The van der Waals surface area contributed by atoms with Gasteiger partial charge in [0.05, 0.1) is 36.1 Å². The summed E-state index contributed by atoms with van der Waals surface area (Å²) >= 11 is 7.55. The number of hydrogen-bond donors (Lipinski definition) is 1. The number of ether oxygens (including phenoxy) is 2. The topological polar surface area (TPSA) is 43.4 Å². The molecular formula is C12H13ClN2O2S. The van der Waals surface area contributed by atoms with Crippen molar-refractivity contribution < 1.29 is 9.47 Å². The van der Waals surface area contributed by atoms with Crippen LogP contribution < -0.4 is 5.32 Å². The lowest BCUT2D eigenvalue weighted by molar-refractivity contribution is -0.0818. The molecule has 2 aromatic rings. The van der Waals surface area contributed by atoms with Gasteiger partial charge in [-0.3, -0.25) is 0 Å². The predicted molar refractivity (Wildman–Crippen MR) is 73.7 cm³/mol. The molecule has 4 nitrogen and oxygen atoms in total. The van der Waals surface area contributed by atoms with Gasteiger partial charge in [0.25, 0.3) is 0 Å². The van der Waals surface area contributed by atoms with Gasteiger partial charge in [-0.15, -0.1) is 0 Å². The van der Waals surface area contributed by atoms with Crippen LogP contribution in [0.15, 0.2) is 18.2 Å². The first-order chi connectivity index (χ1) is 8.81. The van der Waals surface area contributed by atoms with Crippen LogP contribution in [0.2, 0.25) is 5.02 Å². The van der Waals surface area contributed by atoms with Crippen LogP contribution in [0.4, 0.5) is 5.13 Å². The molecule has 3 rings (SSSR count). The van der Waals surface area contributed by atoms with Crippen LogP contribution in [0.25, 0.3) is 10.2 Å². The molecule has 1 aliphatic rings. The molecule has 0 aliphatic carbocycles. The van der Waals surface area contributed by atoms with E-state index in [2.05, 4.69) is 10.3 Å². The van der Waals surface area contributed by atoms with Gasteiger partial charge in [-0.2, -0.15) is 0 Å². The van der Waals surface area contributed by atoms with E-state index in [-0.39, 0.29) is 6.10 Å². The Morgan fingerprint density at radius 2 is 2.39 bits per heavy atom. The van der Waals surface area contributed by atoms with Crippen molar-refractivity contribution in [3.05, 3.63) is 23.2 Å². The second-order valence-corrected chi connectivity index (χ2v) is 5.55.